The van der Waals surface area contributed by atoms with Gasteiger partial charge < -0.3 is 14.0 Å². The van der Waals surface area contributed by atoms with Crippen LogP contribution in [0.5, 0.6) is 5.75 Å². The molecule has 7 heteroatoms. The maximum atomic E-state index is 11.7. The van der Waals surface area contributed by atoms with Crippen molar-refractivity contribution in [2.24, 2.45) is 0 Å². The van der Waals surface area contributed by atoms with Gasteiger partial charge in [0.25, 0.3) is 0 Å². The highest BCUT2D eigenvalue weighted by Crippen LogP contribution is 2.20. The van der Waals surface area contributed by atoms with Crippen LogP contribution in [-0.4, -0.2) is 34.0 Å². The standard InChI is InChI=1S/C13H19NO5S/c1-13(2,3)19-12(15)9-14(20(16)17)10-5-7-11(18-4)8-6-10/h5-8H,9H2,1-4H3,(H,16,17)/p-1. The van der Waals surface area contributed by atoms with Gasteiger partial charge in [-0.2, -0.15) is 0 Å². The van der Waals surface area contributed by atoms with Crippen molar-refractivity contribution in [1.82, 2.24) is 0 Å². The van der Waals surface area contributed by atoms with Gasteiger partial charge in [0.2, 0.25) is 0 Å². The van der Waals surface area contributed by atoms with E-state index in [1.165, 1.54) is 7.11 Å². The van der Waals surface area contributed by atoms with Gasteiger partial charge in [0, 0.05) is 17.0 Å². The van der Waals surface area contributed by atoms with Gasteiger partial charge in [0.05, 0.1) is 7.11 Å². The van der Waals surface area contributed by atoms with Crippen molar-refractivity contribution in [3.63, 3.8) is 0 Å². The van der Waals surface area contributed by atoms with Crippen LogP contribution in [0, 0.1) is 0 Å². The third-order valence-electron chi connectivity index (χ3n) is 2.23. The van der Waals surface area contributed by atoms with Crippen LogP contribution in [0.2, 0.25) is 0 Å². The average molecular weight is 300 g/mol. The SMILES string of the molecule is COc1ccc(N(CC(=O)OC(C)(C)C)S(=O)[O-])cc1. The van der Waals surface area contributed by atoms with Gasteiger partial charge in [-0.05, 0) is 45.0 Å². The van der Waals surface area contributed by atoms with Gasteiger partial charge in [-0.25, -0.2) is 0 Å². The fourth-order valence-corrected chi connectivity index (χ4v) is 1.97. The summed E-state index contributed by atoms with van der Waals surface area (Å²) < 4.78 is 33.5. The second-order valence-electron chi connectivity index (χ2n) is 5.04. The Kier molecular flexibility index (Phi) is 5.52. The van der Waals surface area contributed by atoms with E-state index in [1.54, 1.807) is 45.0 Å². The van der Waals surface area contributed by atoms with Crippen molar-refractivity contribution in [2.75, 3.05) is 18.0 Å². The Hall–Kier alpha value is -1.60. The van der Waals surface area contributed by atoms with E-state index in [0.717, 1.165) is 4.31 Å². The van der Waals surface area contributed by atoms with Crippen LogP contribution in [0.1, 0.15) is 20.8 Å². The fraction of sp³-hybridized carbons (Fsp3) is 0.462. The zero-order chi connectivity index (χ0) is 15.3. The molecule has 1 aromatic carbocycles. The molecule has 0 heterocycles. The summed E-state index contributed by atoms with van der Waals surface area (Å²) in [6, 6.07) is 6.34. The molecule has 0 bridgehead atoms. The van der Waals surface area contributed by atoms with Crippen LogP contribution in [-0.2, 0) is 20.8 Å². The van der Waals surface area contributed by atoms with E-state index in [2.05, 4.69) is 0 Å². The highest BCUT2D eigenvalue weighted by Gasteiger charge is 2.20. The van der Waals surface area contributed by atoms with Crippen LogP contribution in [0.15, 0.2) is 24.3 Å². The molecule has 0 aliphatic rings. The van der Waals surface area contributed by atoms with Crippen molar-refractivity contribution in [3.8, 4) is 5.75 Å². The van der Waals surface area contributed by atoms with Gasteiger partial charge in [0.15, 0.2) is 0 Å². The molecule has 1 rings (SSSR count). The number of hydrogen-bond donors (Lipinski definition) is 0. The first kappa shape index (κ1) is 16.5. The number of benzene rings is 1. The van der Waals surface area contributed by atoms with E-state index in [4.69, 9.17) is 9.47 Å². The van der Waals surface area contributed by atoms with Gasteiger partial charge in [0.1, 0.15) is 17.9 Å². The molecule has 0 saturated carbocycles. The normalized spacial score (nSPS) is 12.7. The first-order valence-corrected chi connectivity index (χ1v) is 6.99. The summed E-state index contributed by atoms with van der Waals surface area (Å²) in [7, 11) is 1.51. The number of nitrogens with zero attached hydrogens (tertiary/aromatic N) is 1. The molecule has 6 nitrogen and oxygen atoms in total. The lowest BCUT2D eigenvalue weighted by molar-refractivity contribution is -0.152. The molecule has 0 saturated heterocycles. The van der Waals surface area contributed by atoms with Gasteiger partial charge in [-0.3, -0.25) is 13.3 Å². The Balaban J connectivity index is 2.83. The molecule has 0 N–H and O–H groups in total. The number of methoxy groups -OCH3 is 1. The molecule has 0 amide bonds. The maximum absolute atomic E-state index is 11.7. The highest BCUT2D eigenvalue weighted by atomic mass is 32.2. The number of esters is 1. The van der Waals surface area contributed by atoms with Gasteiger partial charge in [-0.1, -0.05) is 0 Å². The maximum Gasteiger partial charge on any atom is 0.327 e. The summed E-state index contributed by atoms with van der Waals surface area (Å²) in [4.78, 5) is 11.7. The molecular weight excluding hydrogens is 282 g/mol. The van der Waals surface area contributed by atoms with Gasteiger partial charge in [-0.15, -0.1) is 0 Å². The lowest BCUT2D eigenvalue weighted by atomic mass is 10.2. The molecule has 0 fully saturated rings. The molecule has 0 spiro atoms. The summed E-state index contributed by atoms with van der Waals surface area (Å²) in [5, 5.41) is 0. The largest absolute Gasteiger partial charge is 0.755 e. The Morgan fingerprint density at radius 1 is 1.30 bits per heavy atom. The molecule has 1 aromatic rings. The zero-order valence-electron chi connectivity index (χ0n) is 11.9. The molecule has 0 aliphatic heterocycles. The first-order valence-electron chi connectivity index (χ1n) is 5.96. The molecule has 112 valence electrons. The first-order chi connectivity index (χ1) is 9.23. The Bertz CT molecular complexity index is 481. The van der Waals surface area contributed by atoms with Crippen molar-refractivity contribution in [3.05, 3.63) is 24.3 Å². The molecule has 0 radical (unpaired) electrons. The minimum absolute atomic E-state index is 0.366. The van der Waals surface area contributed by atoms with E-state index < -0.39 is 22.8 Å². The van der Waals surface area contributed by atoms with Crippen LogP contribution in [0.25, 0.3) is 0 Å². The molecule has 0 aromatic heterocycles. The Labute approximate surface area is 121 Å². The summed E-state index contributed by atoms with van der Waals surface area (Å²) in [5.41, 5.74) is -0.294. The van der Waals surface area contributed by atoms with Crippen LogP contribution < -0.4 is 9.04 Å². The summed E-state index contributed by atoms with van der Waals surface area (Å²) >= 11 is -2.57. The number of hydrogen-bond acceptors (Lipinski definition) is 5. The van der Waals surface area contributed by atoms with Crippen LogP contribution >= 0.6 is 0 Å². The van der Waals surface area contributed by atoms with E-state index in [9.17, 15) is 13.6 Å². The predicted molar refractivity (Wildman–Crippen MR) is 75.1 cm³/mol. The van der Waals surface area contributed by atoms with E-state index in [-0.39, 0.29) is 6.54 Å². The van der Waals surface area contributed by atoms with E-state index in [0.29, 0.717) is 11.4 Å². The second kappa shape index (κ2) is 6.71. The highest BCUT2D eigenvalue weighted by molar-refractivity contribution is 7.80. The van der Waals surface area contributed by atoms with Crippen molar-refractivity contribution >= 4 is 22.9 Å². The Morgan fingerprint density at radius 3 is 2.25 bits per heavy atom. The van der Waals surface area contributed by atoms with Gasteiger partial charge >= 0.3 is 5.97 Å². The van der Waals surface area contributed by atoms with Crippen molar-refractivity contribution in [1.29, 1.82) is 0 Å². The Morgan fingerprint density at radius 2 is 1.85 bits per heavy atom. The second-order valence-corrected chi connectivity index (χ2v) is 5.91. The number of rotatable bonds is 5. The number of ether oxygens (including phenoxy) is 2. The average Bonchev–Trinajstić information content (AvgIpc) is 2.34. The number of anilines is 1. The fourth-order valence-electron chi connectivity index (χ4n) is 1.47. The minimum atomic E-state index is -2.57. The lowest BCUT2D eigenvalue weighted by Crippen LogP contribution is -2.36. The monoisotopic (exact) mass is 300 g/mol. The predicted octanol–water partition coefficient (Wildman–Crippen LogP) is 1.64. The minimum Gasteiger partial charge on any atom is -0.755 e. The summed E-state index contributed by atoms with van der Waals surface area (Å²) in [6.45, 7) is 4.78. The lowest BCUT2D eigenvalue weighted by Gasteiger charge is -2.27. The molecule has 0 aliphatic carbocycles. The number of carbonyl (C=O) groups excluding carboxylic acids is 1. The van der Waals surface area contributed by atoms with E-state index in [1.807, 2.05) is 0 Å². The smallest absolute Gasteiger partial charge is 0.327 e. The van der Waals surface area contributed by atoms with E-state index >= 15 is 0 Å². The quantitative estimate of drug-likeness (QED) is 0.610. The number of carbonyl (C=O) groups is 1. The zero-order valence-corrected chi connectivity index (χ0v) is 12.7. The third-order valence-corrected chi connectivity index (χ3v) is 2.93. The molecule has 1 atom stereocenters. The van der Waals surface area contributed by atoms with Crippen LogP contribution in [0.4, 0.5) is 5.69 Å². The summed E-state index contributed by atoms with van der Waals surface area (Å²) in [5.74, 6) is -0.0137. The molecule has 20 heavy (non-hydrogen) atoms. The molecular formula is C13H18NO5S-. The molecule has 1 unspecified atom stereocenters. The third kappa shape index (κ3) is 5.18. The van der Waals surface area contributed by atoms with Crippen molar-refractivity contribution < 1.29 is 23.0 Å². The van der Waals surface area contributed by atoms with Crippen molar-refractivity contribution in [2.45, 2.75) is 26.4 Å². The summed E-state index contributed by atoms with van der Waals surface area (Å²) in [6.07, 6.45) is 0. The van der Waals surface area contributed by atoms with Crippen LogP contribution in [0.3, 0.4) is 0 Å². The topological polar surface area (TPSA) is 78.9 Å².